The molecule has 0 radical (unpaired) electrons. The molecule has 14 heavy (non-hydrogen) atoms. The highest BCUT2D eigenvalue weighted by atomic mass is 16.5. The summed E-state index contributed by atoms with van der Waals surface area (Å²) in [6.07, 6.45) is 2.12. The van der Waals surface area contributed by atoms with E-state index in [0.717, 1.165) is 13.2 Å². The highest BCUT2D eigenvalue weighted by Crippen LogP contribution is 2.19. The Morgan fingerprint density at radius 3 is 2.93 bits per heavy atom. The van der Waals surface area contributed by atoms with Gasteiger partial charge in [0.15, 0.2) is 0 Å². The van der Waals surface area contributed by atoms with E-state index in [0.29, 0.717) is 0 Å². The fourth-order valence-corrected chi connectivity index (χ4v) is 1.76. The van der Waals surface area contributed by atoms with Gasteiger partial charge in [0, 0.05) is 30.8 Å². The third-order valence-electron chi connectivity index (χ3n) is 2.57. The Bertz CT molecular complexity index is 431. The van der Waals surface area contributed by atoms with Crippen molar-refractivity contribution in [3.05, 3.63) is 36.0 Å². The monoisotopic (exact) mass is 189 g/mol. The van der Waals surface area contributed by atoms with Crippen LogP contribution < -0.4 is 0 Å². The maximum absolute atomic E-state index is 5.07. The molecule has 0 saturated carbocycles. The van der Waals surface area contributed by atoms with Crippen LogP contribution in [-0.4, -0.2) is 18.3 Å². The predicted octanol–water partition coefficient (Wildman–Crippen LogP) is 2.60. The molecular weight excluding hydrogens is 174 g/mol. The average Bonchev–Trinajstić information content (AvgIpc) is 2.60. The Balaban J connectivity index is 2.42. The van der Waals surface area contributed by atoms with Crippen molar-refractivity contribution < 1.29 is 4.74 Å². The number of benzene rings is 1. The summed E-state index contributed by atoms with van der Waals surface area (Å²) < 4.78 is 7.30. The lowest BCUT2D eigenvalue weighted by atomic mass is 10.1. The molecular formula is C12H15NO. The smallest absolute Gasteiger partial charge is 0.0641 e. The van der Waals surface area contributed by atoms with Crippen molar-refractivity contribution in [1.82, 2.24) is 4.57 Å². The van der Waals surface area contributed by atoms with Crippen LogP contribution in [0.2, 0.25) is 0 Å². The summed E-state index contributed by atoms with van der Waals surface area (Å²) in [6, 6.07) is 8.56. The maximum Gasteiger partial charge on any atom is 0.0641 e. The minimum absolute atomic E-state index is 0.762. The Hall–Kier alpha value is -1.28. The minimum Gasteiger partial charge on any atom is -0.383 e. The number of aromatic nitrogens is 1. The highest BCUT2D eigenvalue weighted by molar-refractivity contribution is 5.83. The van der Waals surface area contributed by atoms with E-state index < -0.39 is 0 Å². The first-order chi connectivity index (χ1) is 6.83. The molecule has 0 aliphatic carbocycles. The van der Waals surface area contributed by atoms with E-state index in [9.17, 15) is 0 Å². The highest BCUT2D eigenvalue weighted by Gasteiger charge is 2.01. The number of methoxy groups -OCH3 is 1. The molecule has 2 rings (SSSR count). The van der Waals surface area contributed by atoms with Crippen LogP contribution in [0.25, 0.3) is 10.9 Å². The predicted molar refractivity (Wildman–Crippen MR) is 58.6 cm³/mol. The van der Waals surface area contributed by atoms with Gasteiger partial charge in [0.2, 0.25) is 0 Å². The zero-order valence-electron chi connectivity index (χ0n) is 8.66. The molecule has 0 saturated heterocycles. The van der Waals surface area contributed by atoms with Crippen molar-refractivity contribution >= 4 is 10.9 Å². The minimum atomic E-state index is 0.762. The summed E-state index contributed by atoms with van der Waals surface area (Å²) >= 11 is 0. The fourth-order valence-electron chi connectivity index (χ4n) is 1.76. The Kier molecular flexibility index (Phi) is 2.55. The van der Waals surface area contributed by atoms with Gasteiger partial charge in [-0.25, -0.2) is 0 Å². The van der Waals surface area contributed by atoms with E-state index >= 15 is 0 Å². The lowest BCUT2D eigenvalue weighted by molar-refractivity contribution is 0.188. The van der Waals surface area contributed by atoms with Crippen LogP contribution in [0.3, 0.4) is 0 Å². The van der Waals surface area contributed by atoms with Gasteiger partial charge in [-0.3, -0.25) is 0 Å². The Morgan fingerprint density at radius 2 is 2.14 bits per heavy atom. The molecule has 0 fully saturated rings. The normalized spacial score (nSPS) is 11.0. The van der Waals surface area contributed by atoms with Crippen molar-refractivity contribution in [3.8, 4) is 0 Å². The van der Waals surface area contributed by atoms with Gasteiger partial charge in [-0.2, -0.15) is 0 Å². The molecule has 0 N–H and O–H groups in total. The van der Waals surface area contributed by atoms with Gasteiger partial charge in [0.25, 0.3) is 0 Å². The van der Waals surface area contributed by atoms with Gasteiger partial charge in [0.05, 0.1) is 6.61 Å². The van der Waals surface area contributed by atoms with E-state index in [1.807, 2.05) is 0 Å². The number of nitrogens with zero attached hydrogens (tertiary/aromatic N) is 1. The first-order valence-electron chi connectivity index (χ1n) is 4.86. The third-order valence-corrected chi connectivity index (χ3v) is 2.57. The van der Waals surface area contributed by atoms with Crippen LogP contribution in [0.15, 0.2) is 30.5 Å². The van der Waals surface area contributed by atoms with E-state index in [4.69, 9.17) is 4.74 Å². The van der Waals surface area contributed by atoms with Gasteiger partial charge in [-0.1, -0.05) is 12.1 Å². The molecule has 0 bridgehead atoms. The summed E-state index contributed by atoms with van der Waals surface area (Å²) in [4.78, 5) is 0. The molecule has 0 amide bonds. The van der Waals surface area contributed by atoms with Crippen LogP contribution >= 0.6 is 0 Å². The summed E-state index contributed by atoms with van der Waals surface area (Å²) in [5, 5.41) is 1.34. The Labute approximate surface area is 84.1 Å². The molecule has 0 spiro atoms. The lowest BCUT2D eigenvalue weighted by Gasteiger charge is -2.04. The molecule has 2 heteroatoms. The van der Waals surface area contributed by atoms with Crippen molar-refractivity contribution in [2.75, 3.05) is 13.7 Å². The SMILES string of the molecule is COCCn1ccc2c(C)cccc21. The van der Waals surface area contributed by atoms with Gasteiger partial charge in [-0.15, -0.1) is 0 Å². The zero-order valence-corrected chi connectivity index (χ0v) is 8.66. The molecule has 0 aliphatic rings. The second-order valence-electron chi connectivity index (χ2n) is 3.51. The van der Waals surface area contributed by atoms with Crippen LogP contribution in [-0.2, 0) is 11.3 Å². The van der Waals surface area contributed by atoms with Gasteiger partial charge >= 0.3 is 0 Å². The topological polar surface area (TPSA) is 14.2 Å². The third kappa shape index (κ3) is 1.53. The van der Waals surface area contributed by atoms with Gasteiger partial charge in [0.1, 0.15) is 0 Å². The van der Waals surface area contributed by atoms with E-state index in [1.54, 1.807) is 7.11 Å². The summed E-state index contributed by atoms with van der Waals surface area (Å²) in [7, 11) is 1.73. The van der Waals surface area contributed by atoms with Crippen LogP contribution in [0.4, 0.5) is 0 Å². The molecule has 0 aliphatic heterocycles. The van der Waals surface area contributed by atoms with Crippen molar-refractivity contribution in [3.63, 3.8) is 0 Å². The number of aryl methyl sites for hydroxylation is 1. The number of hydrogen-bond donors (Lipinski definition) is 0. The number of fused-ring (bicyclic) bond motifs is 1. The zero-order chi connectivity index (χ0) is 9.97. The number of rotatable bonds is 3. The number of hydrogen-bond acceptors (Lipinski definition) is 1. The van der Waals surface area contributed by atoms with E-state index in [1.165, 1.54) is 16.5 Å². The molecule has 2 aromatic rings. The first kappa shape index (κ1) is 9.28. The molecule has 1 aromatic heterocycles. The first-order valence-corrected chi connectivity index (χ1v) is 4.86. The standard InChI is InChI=1S/C12H15NO/c1-10-4-3-5-12-11(10)6-7-13(12)8-9-14-2/h3-7H,8-9H2,1-2H3. The molecule has 1 aromatic carbocycles. The van der Waals surface area contributed by atoms with Gasteiger partial charge < -0.3 is 9.30 Å². The van der Waals surface area contributed by atoms with Gasteiger partial charge in [-0.05, 0) is 24.6 Å². The summed E-state index contributed by atoms with van der Waals surface area (Å²) in [6.45, 7) is 3.82. The van der Waals surface area contributed by atoms with E-state index in [2.05, 4.69) is 42.0 Å². The van der Waals surface area contributed by atoms with Crippen molar-refractivity contribution in [2.24, 2.45) is 0 Å². The van der Waals surface area contributed by atoms with Crippen molar-refractivity contribution in [1.29, 1.82) is 0 Å². The quantitative estimate of drug-likeness (QED) is 0.724. The van der Waals surface area contributed by atoms with Crippen LogP contribution in [0, 0.1) is 6.92 Å². The molecule has 0 atom stereocenters. The molecule has 0 unspecified atom stereocenters. The van der Waals surface area contributed by atoms with Crippen LogP contribution in [0.1, 0.15) is 5.56 Å². The summed E-state index contributed by atoms with van der Waals surface area (Å²) in [5.74, 6) is 0. The number of ether oxygens (including phenoxy) is 1. The fraction of sp³-hybridized carbons (Fsp3) is 0.333. The van der Waals surface area contributed by atoms with Crippen LogP contribution in [0.5, 0.6) is 0 Å². The van der Waals surface area contributed by atoms with E-state index in [-0.39, 0.29) is 0 Å². The van der Waals surface area contributed by atoms with Crippen molar-refractivity contribution in [2.45, 2.75) is 13.5 Å². The summed E-state index contributed by atoms with van der Waals surface area (Å²) in [5.41, 5.74) is 2.63. The molecule has 1 heterocycles. The molecule has 74 valence electrons. The lowest BCUT2D eigenvalue weighted by Crippen LogP contribution is -2.02. The second kappa shape index (κ2) is 3.84. The molecule has 2 nitrogen and oxygen atoms in total. The maximum atomic E-state index is 5.07. The second-order valence-corrected chi connectivity index (χ2v) is 3.51. The average molecular weight is 189 g/mol. The largest absolute Gasteiger partial charge is 0.383 e. The Morgan fingerprint density at radius 1 is 1.29 bits per heavy atom.